The van der Waals surface area contributed by atoms with Crippen LogP contribution in [0.5, 0.6) is 0 Å². The molecular formula is C20H26FN7. The molecule has 28 heavy (non-hydrogen) atoms. The van der Waals surface area contributed by atoms with E-state index in [1.807, 2.05) is 26.0 Å². The molecule has 8 heteroatoms. The van der Waals surface area contributed by atoms with Gasteiger partial charge in [-0.15, -0.1) is 0 Å². The molecule has 3 heterocycles. The Balaban J connectivity index is 0.00000240. The summed E-state index contributed by atoms with van der Waals surface area (Å²) in [4.78, 5) is 13.9. The molecule has 148 valence electrons. The van der Waals surface area contributed by atoms with Crippen molar-refractivity contribution in [3.05, 3.63) is 47.4 Å². The van der Waals surface area contributed by atoms with Gasteiger partial charge in [-0.1, -0.05) is 6.07 Å². The van der Waals surface area contributed by atoms with Crippen molar-refractivity contribution in [1.82, 2.24) is 25.1 Å². The average Bonchev–Trinajstić information content (AvgIpc) is 3.08. The fourth-order valence-corrected chi connectivity index (χ4v) is 3.26. The summed E-state index contributed by atoms with van der Waals surface area (Å²) in [7, 11) is 2.12. The number of nitrogens with zero attached hydrogens (tertiary/aromatic N) is 5. The fraction of sp³-hybridized carbons (Fsp3) is 0.350. The Morgan fingerprint density at radius 3 is 2.54 bits per heavy atom. The number of hydrogen-bond donors (Lipinski definition) is 2. The minimum atomic E-state index is -0.299. The van der Waals surface area contributed by atoms with Crippen LogP contribution in [0, 0.1) is 19.7 Å². The van der Waals surface area contributed by atoms with Gasteiger partial charge in [-0.3, -0.25) is 5.10 Å². The summed E-state index contributed by atoms with van der Waals surface area (Å²) in [5, 5.41) is 10.4. The zero-order chi connectivity index (χ0) is 19.7. The van der Waals surface area contributed by atoms with E-state index in [4.69, 9.17) is 4.98 Å². The van der Waals surface area contributed by atoms with Crippen molar-refractivity contribution in [2.75, 3.05) is 43.4 Å². The van der Waals surface area contributed by atoms with Gasteiger partial charge < -0.3 is 15.1 Å². The number of anilines is 3. The second kappa shape index (κ2) is 7.55. The van der Waals surface area contributed by atoms with Crippen molar-refractivity contribution in [3.63, 3.8) is 0 Å². The molecule has 1 saturated heterocycles. The number of rotatable bonds is 4. The third-order valence-electron chi connectivity index (χ3n) is 4.94. The van der Waals surface area contributed by atoms with Gasteiger partial charge in [0.25, 0.3) is 0 Å². The van der Waals surface area contributed by atoms with Gasteiger partial charge in [0, 0.05) is 51.0 Å². The Labute approximate surface area is 165 Å². The largest absolute Gasteiger partial charge is 0.354 e. The van der Waals surface area contributed by atoms with Gasteiger partial charge in [-0.2, -0.15) is 5.10 Å². The normalized spacial score (nSPS) is 15.1. The molecule has 2 N–H and O–H groups in total. The summed E-state index contributed by atoms with van der Waals surface area (Å²) in [6.07, 6.45) is 0. The minimum absolute atomic E-state index is 0. The molecule has 2 aromatic heterocycles. The molecular weight excluding hydrogens is 357 g/mol. The minimum Gasteiger partial charge on any atom is -0.354 e. The maximum atomic E-state index is 13.9. The molecule has 1 fully saturated rings. The first kappa shape index (κ1) is 18.4. The molecule has 0 atom stereocenters. The van der Waals surface area contributed by atoms with E-state index in [1.165, 1.54) is 12.1 Å². The van der Waals surface area contributed by atoms with E-state index in [1.54, 1.807) is 6.07 Å². The van der Waals surface area contributed by atoms with Gasteiger partial charge in [0.1, 0.15) is 17.5 Å². The van der Waals surface area contributed by atoms with E-state index in [9.17, 15) is 4.39 Å². The summed E-state index contributed by atoms with van der Waals surface area (Å²) in [6, 6.07) is 8.52. The predicted molar refractivity (Wildman–Crippen MR) is 111 cm³/mol. The lowest BCUT2D eigenvalue weighted by atomic mass is 10.1. The lowest BCUT2D eigenvalue weighted by molar-refractivity contribution is 0.312. The number of hydrogen-bond acceptors (Lipinski definition) is 6. The molecule has 0 bridgehead atoms. The number of likely N-dealkylation sites (N-methyl/N-ethyl adjacent to an activating group) is 1. The lowest BCUT2D eigenvalue weighted by Gasteiger charge is -2.33. The summed E-state index contributed by atoms with van der Waals surface area (Å²) >= 11 is 0. The SMILES string of the molecule is Cc1cc(Nc2cc(N3CCN(C)CC3)nc(-c3cc(F)ccc3C)n2)n[nH]1.[HH]. The van der Waals surface area contributed by atoms with E-state index in [2.05, 4.69) is 37.3 Å². The Morgan fingerprint density at radius 1 is 1.04 bits per heavy atom. The highest BCUT2D eigenvalue weighted by Gasteiger charge is 2.19. The van der Waals surface area contributed by atoms with Gasteiger partial charge in [-0.05, 0) is 38.6 Å². The van der Waals surface area contributed by atoms with Crippen molar-refractivity contribution in [2.45, 2.75) is 13.8 Å². The molecule has 0 spiro atoms. The third kappa shape index (κ3) is 3.96. The molecule has 0 saturated carbocycles. The van der Waals surface area contributed by atoms with Gasteiger partial charge in [0.2, 0.25) is 0 Å². The highest BCUT2D eigenvalue weighted by molar-refractivity contribution is 5.66. The zero-order valence-corrected chi connectivity index (χ0v) is 16.3. The number of nitrogens with one attached hydrogen (secondary N) is 2. The van der Waals surface area contributed by atoms with Crippen LogP contribution in [0.25, 0.3) is 11.4 Å². The first-order valence-electron chi connectivity index (χ1n) is 9.36. The van der Waals surface area contributed by atoms with Crippen LogP contribution in [0.15, 0.2) is 30.3 Å². The molecule has 0 amide bonds. The molecule has 0 radical (unpaired) electrons. The van der Waals surface area contributed by atoms with Gasteiger partial charge >= 0.3 is 0 Å². The smallest absolute Gasteiger partial charge is 0.164 e. The first-order valence-corrected chi connectivity index (χ1v) is 9.36. The molecule has 0 aliphatic carbocycles. The highest BCUT2D eigenvalue weighted by Crippen LogP contribution is 2.27. The topological polar surface area (TPSA) is 73.0 Å². The van der Waals surface area contributed by atoms with E-state index < -0.39 is 0 Å². The third-order valence-corrected chi connectivity index (χ3v) is 4.94. The van der Waals surface area contributed by atoms with Crippen molar-refractivity contribution >= 4 is 17.5 Å². The fourth-order valence-electron chi connectivity index (χ4n) is 3.26. The van der Waals surface area contributed by atoms with Crippen molar-refractivity contribution in [1.29, 1.82) is 0 Å². The van der Waals surface area contributed by atoms with Crippen molar-refractivity contribution < 1.29 is 5.82 Å². The number of aromatic nitrogens is 4. The average molecular weight is 383 g/mol. The van der Waals surface area contributed by atoms with E-state index in [-0.39, 0.29) is 7.24 Å². The van der Waals surface area contributed by atoms with Crippen LogP contribution in [0.2, 0.25) is 0 Å². The van der Waals surface area contributed by atoms with E-state index in [0.717, 1.165) is 43.3 Å². The monoisotopic (exact) mass is 383 g/mol. The predicted octanol–water partition coefficient (Wildman–Crippen LogP) is 3.36. The first-order chi connectivity index (χ1) is 13.5. The Hall–Kier alpha value is -3.00. The maximum Gasteiger partial charge on any atom is 0.164 e. The van der Waals surface area contributed by atoms with Crippen molar-refractivity contribution in [2.24, 2.45) is 0 Å². The highest BCUT2D eigenvalue weighted by atomic mass is 19.1. The van der Waals surface area contributed by atoms with E-state index >= 15 is 0 Å². The number of aryl methyl sites for hydroxylation is 2. The number of aromatic amines is 1. The molecule has 0 unspecified atom stereocenters. The van der Waals surface area contributed by atoms with Crippen LogP contribution in [0.3, 0.4) is 0 Å². The van der Waals surface area contributed by atoms with Crippen LogP contribution in [0.4, 0.5) is 21.8 Å². The van der Waals surface area contributed by atoms with Crippen LogP contribution >= 0.6 is 0 Å². The Morgan fingerprint density at radius 2 is 1.82 bits per heavy atom. The zero-order valence-electron chi connectivity index (χ0n) is 16.3. The molecule has 1 aromatic carbocycles. The molecule has 3 aromatic rings. The van der Waals surface area contributed by atoms with Crippen LogP contribution in [-0.2, 0) is 0 Å². The Kier molecular flexibility index (Phi) is 4.95. The van der Waals surface area contributed by atoms with Gasteiger partial charge in [0.05, 0.1) is 0 Å². The lowest BCUT2D eigenvalue weighted by Crippen LogP contribution is -2.44. The number of piperazine rings is 1. The van der Waals surface area contributed by atoms with Gasteiger partial charge in [-0.25, -0.2) is 14.4 Å². The van der Waals surface area contributed by atoms with Crippen LogP contribution in [0.1, 0.15) is 12.7 Å². The maximum absolute atomic E-state index is 13.9. The molecule has 1 aliphatic rings. The molecule has 7 nitrogen and oxygen atoms in total. The summed E-state index contributed by atoms with van der Waals surface area (Å²) in [6.45, 7) is 7.59. The summed E-state index contributed by atoms with van der Waals surface area (Å²) < 4.78 is 13.9. The second-order valence-corrected chi connectivity index (χ2v) is 7.25. The number of benzene rings is 1. The van der Waals surface area contributed by atoms with Crippen LogP contribution < -0.4 is 10.2 Å². The van der Waals surface area contributed by atoms with Crippen molar-refractivity contribution in [3.8, 4) is 11.4 Å². The molecule has 1 aliphatic heterocycles. The second-order valence-electron chi connectivity index (χ2n) is 7.25. The molecule has 4 rings (SSSR count). The van der Waals surface area contributed by atoms with Crippen LogP contribution in [-0.4, -0.2) is 58.3 Å². The number of halogens is 1. The quantitative estimate of drug-likeness (QED) is 0.720. The summed E-state index contributed by atoms with van der Waals surface area (Å²) in [5.74, 6) is 2.35. The standard InChI is InChI=1S/C20H24FN7.H2/c1-13-4-5-15(21)11-16(13)20-23-17(22-18-10-14(2)25-26-18)12-19(24-20)28-8-6-27(3)7-9-28;/h4-5,10-12H,6-9H2,1-3H3,(H2,22,23,24,25,26);1H. The number of H-pyrrole nitrogens is 1. The Bertz CT molecular complexity index is 983. The van der Waals surface area contributed by atoms with Gasteiger partial charge in [0.15, 0.2) is 11.6 Å². The summed E-state index contributed by atoms with van der Waals surface area (Å²) in [5.41, 5.74) is 2.58. The van der Waals surface area contributed by atoms with E-state index in [0.29, 0.717) is 23.0 Å².